The molecule has 8 heteroatoms. The first-order valence-corrected chi connectivity index (χ1v) is 11.4. The lowest BCUT2D eigenvalue weighted by molar-refractivity contribution is 0.0730. The van der Waals surface area contributed by atoms with E-state index in [1.54, 1.807) is 26.7 Å². The number of fused-ring (bicyclic) bond motifs is 1. The van der Waals surface area contributed by atoms with E-state index in [0.29, 0.717) is 29.2 Å². The van der Waals surface area contributed by atoms with Crippen molar-refractivity contribution >= 4 is 16.9 Å². The largest absolute Gasteiger partial charge is 0.497 e. The maximum Gasteiger partial charge on any atom is 0.255 e. The van der Waals surface area contributed by atoms with Crippen molar-refractivity contribution in [3.63, 3.8) is 0 Å². The molecule has 0 radical (unpaired) electrons. The van der Waals surface area contributed by atoms with Crippen molar-refractivity contribution in [1.82, 2.24) is 19.7 Å². The average Bonchev–Trinajstić information content (AvgIpc) is 3.35. The van der Waals surface area contributed by atoms with Gasteiger partial charge < -0.3 is 18.8 Å². The van der Waals surface area contributed by atoms with Gasteiger partial charge in [-0.2, -0.15) is 5.10 Å². The van der Waals surface area contributed by atoms with Crippen LogP contribution < -0.4 is 9.47 Å². The van der Waals surface area contributed by atoms with Crippen molar-refractivity contribution in [1.29, 1.82) is 0 Å². The summed E-state index contributed by atoms with van der Waals surface area (Å²) in [7, 11) is 3.27. The van der Waals surface area contributed by atoms with Gasteiger partial charge in [-0.25, -0.2) is 9.67 Å². The second kappa shape index (κ2) is 8.85. The van der Waals surface area contributed by atoms with Crippen molar-refractivity contribution in [3.8, 4) is 23.0 Å². The Labute approximate surface area is 198 Å². The van der Waals surface area contributed by atoms with Crippen LogP contribution in [0.15, 0.2) is 53.3 Å². The first kappa shape index (κ1) is 22.0. The number of pyridine rings is 1. The number of ether oxygens (including phenoxy) is 2. The predicted octanol–water partition coefficient (Wildman–Crippen LogP) is 5.09. The van der Waals surface area contributed by atoms with E-state index < -0.39 is 0 Å². The van der Waals surface area contributed by atoms with Gasteiger partial charge in [0.1, 0.15) is 17.2 Å². The maximum absolute atomic E-state index is 14.1. The van der Waals surface area contributed by atoms with Gasteiger partial charge in [-0.15, -0.1) is 0 Å². The van der Waals surface area contributed by atoms with Crippen LogP contribution in [0, 0.1) is 0 Å². The molecule has 8 nitrogen and oxygen atoms in total. The third kappa shape index (κ3) is 4.00. The fraction of sp³-hybridized carbons (Fsp3) is 0.346. The van der Waals surface area contributed by atoms with Crippen LogP contribution in [0.3, 0.4) is 0 Å². The molecular weight excluding hydrogens is 432 g/mol. The summed E-state index contributed by atoms with van der Waals surface area (Å²) in [5, 5.41) is 5.26. The zero-order chi connectivity index (χ0) is 23.8. The molecule has 1 amide bonds. The Bertz CT molecular complexity index is 1320. The van der Waals surface area contributed by atoms with Crippen LogP contribution in [0.1, 0.15) is 48.7 Å². The molecule has 176 valence electrons. The quantitative estimate of drug-likeness (QED) is 0.364. The Hall–Kier alpha value is -3.81. The lowest BCUT2D eigenvalue weighted by atomic mass is 10.1. The Balaban J connectivity index is 1.60. The molecule has 0 bridgehead atoms. The van der Waals surface area contributed by atoms with Crippen LogP contribution in [0.2, 0.25) is 0 Å². The number of methoxy groups -OCH3 is 2. The molecule has 0 saturated heterocycles. The number of carbonyl (C=O) groups excluding carboxylic acids is 1. The molecule has 0 spiro atoms. The number of hydrogen-bond donors (Lipinski definition) is 0. The number of amides is 1. The van der Waals surface area contributed by atoms with Crippen LogP contribution in [-0.4, -0.2) is 45.8 Å². The summed E-state index contributed by atoms with van der Waals surface area (Å²) < 4.78 is 18.4. The zero-order valence-electron chi connectivity index (χ0n) is 19.8. The van der Waals surface area contributed by atoms with Crippen molar-refractivity contribution in [2.24, 2.45) is 0 Å². The van der Waals surface area contributed by atoms with E-state index in [2.05, 4.69) is 5.10 Å². The van der Waals surface area contributed by atoms with Crippen LogP contribution in [0.4, 0.5) is 0 Å². The fourth-order valence-corrected chi connectivity index (χ4v) is 4.22. The highest BCUT2D eigenvalue weighted by atomic mass is 16.5. The number of furan rings is 1. The minimum atomic E-state index is -0.0594. The molecule has 0 atom stereocenters. The second-order valence-corrected chi connectivity index (χ2v) is 8.79. The summed E-state index contributed by atoms with van der Waals surface area (Å²) in [6.45, 7) is 4.50. The molecule has 1 saturated carbocycles. The molecule has 3 heterocycles. The summed E-state index contributed by atoms with van der Waals surface area (Å²) in [5.41, 5.74) is 2.74. The zero-order valence-corrected chi connectivity index (χ0v) is 19.8. The summed E-state index contributed by atoms with van der Waals surface area (Å²) in [6, 6.07) is 11.4. The monoisotopic (exact) mass is 460 g/mol. The summed E-state index contributed by atoms with van der Waals surface area (Å²) in [4.78, 5) is 20.8. The predicted molar refractivity (Wildman–Crippen MR) is 128 cm³/mol. The Morgan fingerprint density at radius 2 is 2.03 bits per heavy atom. The summed E-state index contributed by atoms with van der Waals surface area (Å²) >= 11 is 0. The van der Waals surface area contributed by atoms with Gasteiger partial charge in [0.2, 0.25) is 0 Å². The number of carbonyl (C=O) groups is 1. The van der Waals surface area contributed by atoms with Gasteiger partial charge in [-0.05, 0) is 63.1 Å². The molecule has 1 aromatic carbocycles. The highest BCUT2D eigenvalue weighted by molar-refractivity contribution is 6.06. The Kier molecular flexibility index (Phi) is 5.73. The molecular formula is C26H28N4O4. The van der Waals surface area contributed by atoms with Crippen LogP contribution in [0.25, 0.3) is 22.5 Å². The molecule has 0 aliphatic heterocycles. The molecule has 1 fully saturated rings. The smallest absolute Gasteiger partial charge is 0.255 e. The Morgan fingerprint density at radius 1 is 1.21 bits per heavy atom. The van der Waals surface area contributed by atoms with E-state index >= 15 is 0 Å². The molecule has 34 heavy (non-hydrogen) atoms. The molecule has 0 unspecified atom stereocenters. The van der Waals surface area contributed by atoms with Crippen molar-refractivity contribution in [2.45, 2.75) is 45.3 Å². The number of hydrogen-bond acceptors (Lipinski definition) is 6. The highest BCUT2D eigenvalue weighted by Crippen LogP contribution is 2.35. The Morgan fingerprint density at radius 3 is 2.68 bits per heavy atom. The standard InChI is InChI=1S/C26H28N4O4/c1-16(2)30-25-21(14-27-30)20(13-22(28-25)24-6-5-11-34-24)26(31)29(18-7-8-18)15-17-12-19(32-3)9-10-23(17)33-4/h5-6,9-14,16,18H,7-8,15H2,1-4H3. The van der Waals surface area contributed by atoms with Crippen molar-refractivity contribution in [2.75, 3.05) is 14.2 Å². The normalized spacial score (nSPS) is 13.4. The van der Waals surface area contributed by atoms with Crippen LogP contribution >= 0.6 is 0 Å². The maximum atomic E-state index is 14.1. The van der Waals surface area contributed by atoms with Crippen LogP contribution in [0.5, 0.6) is 11.5 Å². The average molecular weight is 461 g/mol. The van der Waals surface area contributed by atoms with Gasteiger partial charge in [0.25, 0.3) is 5.91 Å². The number of aromatic nitrogens is 3. The third-order valence-electron chi connectivity index (χ3n) is 6.14. The van der Waals surface area contributed by atoms with E-state index in [-0.39, 0.29) is 18.0 Å². The molecule has 0 N–H and O–H groups in total. The summed E-state index contributed by atoms with van der Waals surface area (Å²) in [6.07, 6.45) is 5.29. The highest BCUT2D eigenvalue weighted by Gasteiger charge is 2.35. The summed E-state index contributed by atoms with van der Waals surface area (Å²) in [5.74, 6) is 2.00. The molecule has 1 aliphatic carbocycles. The number of nitrogens with zero attached hydrogens (tertiary/aromatic N) is 4. The van der Waals surface area contributed by atoms with Gasteiger partial charge in [0, 0.05) is 17.6 Å². The lowest BCUT2D eigenvalue weighted by Crippen LogP contribution is -2.33. The minimum absolute atomic E-state index is 0.0594. The van der Waals surface area contributed by atoms with E-state index in [1.807, 2.05) is 59.8 Å². The van der Waals surface area contributed by atoms with Crippen molar-refractivity contribution in [3.05, 3.63) is 60.0 Å². The second-order valence-electron chi connectivity index (χ2n) is 8.79. The first-order chi connectivity index (χ1) is 16.5. The topological polar surface area (TPSA) is 82.6 Å². The third-order valence-corrected chi connectivity index (χ3v) is 6.14. The number of rotatable bonds is 8. The first-order valence-electron chi connectivity index (χ1n) is 11.4. The van der Waals surface area contributed by atoms with Crippen molar-refractivity contribution < 1.29 is 18.7 Å². The van der Waals surface area contributed by atoms with Crippen LogP contribution in [-0.2, 0) is 6.54 Å². The lowest BCUT2D eigenvalue weighted by Gasteiger charge is -2.24. The molecule has 1 aliphatic rings. The van der Waals surface area contributed by atoms with Gasteiger partial charge >= 0.3 is 0 Å². The minimum Gasteiger partial charge on any atom is -0.497 e. The SMILES string of the molecule is COc1ccc(OC)c(CN(C(=O)c2cc(-c3ccco3)nc3c2cnn3C(C)C)C2CC2)c1. The molecule has 3 aromatic heterocycles. The molecule has 4 aromatic rings. The van der Waals surface area contributed by atoms with E-state index in [9.17, 15) is 4.79 Å². The number of benzene rings is 1. The van der Waals surface area contributed by atoms with Gasteiger partial charge in [-0.1, -0.05) is 0 Å². The molecule has 5 rings (SSSR count). The van der Waals surface area contributed by atoms with Gasteiger partial charge in [0.15, 0.2) is 11.4 Å². The van der Waals surface area contributed by atoms with Gasteiger partial charge in [0.05, 0.1) is 44.2 Å². The van der Waals surface area contributed by atoms with E-state index in [0.717, 1.165) is 35.3 Å². The van der Waals surface area contributed by atoms with Gasteiger partial charge in [-0.3, -0.25) is 4.79 Å². The fourth-order valence-electron chi connectivity index (χ4n) is 4.22. The van der Waals surface area contributed by atoms with E-state index in [1.165, 1.54) is 0 Å². The van der Waals surface area contributed by atoms with E-state index in [4.69, 9.17) is 18.9 Å².